The molecule has 0 aliphatic rings. The fraction of sp³-hybridized carbons (Fsp3) is 0.312. The number of benzene rings is 1. The zero-order chi connectivity index (χ0) is 15.2. The number of hydrogen-bond donors (Lipinski definition) is 1. The fourth-order valence-corrected chi connectivity index (χ4v) is 2.86. The van der Waals surface area contributed by atoms with E-state index in [2.05, 4.69) is 45.3 Å². The zero-order valence-electron chi connectivity index (χ0n) is 12.1. The Morgan fingerprint density at radius 3 is 2.86 bits per heavy atom. The van der Waals surface area contributed by atoms with Gasteiger partial charge in [-0.15, -0.1) is 0 Å². The topological polar surface area (TPSA) is 34.1 Å². The highest BCUT2D eigenvalue weighted by atomic mass is 79.9. The van der Waals surface area contributed by atoms with E-state index in [1.165, 1.54) is 0 Å². The van der Waals surface area contributed by atoms with Crippen LogP contribution in [0.25, 0.3) is 0 Å². The molecule has 0 radical (unpaired) electrons. The van der Waals surface area contributed by atoms with Crippen LogP contribution >= 0.6 is 27.5 Å². The zero-order valence-corrected chi connectivity index (χ0v) is 14.5. The molecule has 0 unspecified atom stereocenters. The van der Waals surface area contributed by atoms with Crippen molar-refractivity contribution in [1.29, 1.82) is 0 Å². The summed E-state index contributed by atoms with van der Waals surface area (Å²) in [6, 6.07) is 6.01. The van der Waals surface area contributed by atoms with Gasteiger partial charge in [-0.1, -0.05) is 34.5 Å². The normalized spacial score (nSPS) is 10.7. The number of ether oxygens (including phenoxy) is 1. The van der Waals surface area contributed by atoms with Gasteiger partial charge in [0.15, 0.2) is 0 Å². The quantitative estimate of drug-likeness (QED) is 0.814. The first-order chi connectivity index (χ1) is 10.1. The number of rotatable bonds is 6. The lowest BCUT2D eigenvalue weighted by Crippen LogP contribution is -2.13. The van der Waals surface area contributed by atoms with Crippen LogP contribution in [0.2, 0.25) is 5.02 Å². The van der Waals surface area contributed by atoms with Gasteiger partial charge in [0, 0.05) is 34.5 Å². The third-order valence-corrected chi connectivity index (χ3v) is 3.91. The number of hydrogen-bond acceptors (Lipinski definition) is 3. The molecule has 0 amide bonds. The van der Waals surface area contributed by atoms with Crippen LogP contribution in [0.15, 0.2) is 35.1 Å². The van der Waals surface area contributed by atoms with Crippen LogP contribution in [0, 0.1) is 6.92 Å². The van der Waals surface area contributed by atoms with E-state index in [1.54, 1.807) is 12.4 Å². The Labute approximate surface area is 138 Å². The van der Waals surface area contributed by atoms with Gasteiger partial charge in [0.05, 0.1) is 5.02 Å². The first-order valence-electron chi connectivity index (χ1n) is 6.82. The lowest BCUT2D eigenvalue weighted by atomic mass is 10.1. The molecular formula is C16H18BrClN2O. The number of pyridine rings is 1. The lowest BCUT2D eigenvalue weighted by Gasteiger charge is -2.16. The van der Waals surface area contributed by atoms with Crippen LogP contribution in [0.1, 0.15) is 23.6 Å². The SMILES string of the molecule is CCNCc1cc(Br)cc(C)c1OCc1ccncc1Cl. The second-order valence-corrected chi connectivity index (χ2v) is 6.07. The third-order valence-electron chi connectivity index (χ3n) is 3.11. The van der Waals surface area contributed by atoms with Crippen molar-refractivity contribution in [2.45, 2.75) is 27.0 Å². The van der Waals surface area contributed by atoms with E-state index in [0.29, 0.717) is 11.6 Å². The minimum atomic E-state index is 0.433. The predicted octanol–water partition coefficient (Wildman–Crippen LogP) is 4.49. The van der Waals surface area contributed by atoms with Crippen molar-refractivity contribution >= 4 is 27.5 Å². The molecule has 2 rings (SSSR count). The van der Waals surface area contributed by atoms with E-state index >= 15 is 0 Å². The molecule has 0 saturated heterocycles. The maximum atomic E-state index is 6.12. The van der Waals surface area contributed by atoms with E-state index in [4.69, 9.17) is 16.3 Å². The van der Waals surface area contributed by atoms with Gasteiger partial charge in [0.25, 0.3) is 0 Å². The summed E-state index contributed by atoms with van der Waals surface area (Å²) in [5.41, 5.74) is 3.17. The van der Waals surface area contributed by atoms with Crippen molar-refractivity contribution in [1.82, 2.24) is 10.3 Å². The molecule has 0 fully saturated rings. The molecule has 21 heavy (non-hydrogen) atoms. The molecule has 1 heterocycles. The number of nitrogens with zero attached hydrogens (tertiary/aromatic N) is 1. The highest BCUT2D eigenvalue weighted by molar-refractivity contribution is 9.10. The Morgan fingerprint density at radius 1 is 1.33 bits per heavy atom. The number of halogens is 2. The molecule has 0 aliphatic heterocycles. The van der Waals surface area contributed by atoms with Crippen LogP contribution < -0.4 is 10.1 Å². The maximum absolute atomic E-state index is 6.12. The Bertz CT molecular complexity index is 619. The first-order valence-corrected chi connectivity index (χ1v) is 7.99. The molecule has 3 nitrogen and oxygen atoms in total. The largest absolute Gasteiger partial charge is 0.488 e. The van der Waals surface area contributed by atoms with Crippen LogP contribution in [0.3, 0.4) is 0 Å². The summed E-state index contributed by atoms with van der Waals surface area (Å²) in [6.07, 6.45) is 3.35. The molecule has 112 valence electrons. The lowest BCUT2D eigenvalue weighted by molar-refractivity contribution is 0.300. The van der Waals surface area contributed by atoms with Gasteiger partial charge in [0.2, 0.25) is 0 Å². The van der Waals surface area contributed by atoms with Gasteiger partial charge in [-0.25, -0.2) is 0 Å². The second-order valence-electron chi connectivity index (χ2n) is 4.75. The van der Waals surface area contributed by atoms with E-state index in [0.717, 1.165) is 40.0 Å². The summed E-state index contributed by atoms with van der Waals surface area (Å²) in [6.45, 7) is 6.26. The van der Waals surface area contributed by atoms with Crippen molar-refractivity contribution in [2.75, 3.05) is 6.54 Å². The van der Waals surface area contributed by atoms with Crippen molar-refractivity contribution in [3.05, 3.63) is 56.8 Å². The third kappa shape index (κ3) is 4.43. The molecule has 5 heteroatoms. The minimum absolute atomic E-state index is 0.433. The molecule has 1 N–H and O–H groups in total. The van der Waals surface area contributed by atoms with E-state index in [-0.39, 0.29) is 0 Å². The van der Waals surface area contributed by atoms with Gasteiger partial charge in [-0.05, 0) is 37.2 Å². The summed E-state index contributed by atoms with van der Waals surface area (Å²) < 4.78 is 7.07. The first kappa shape index (κ1) is 16.3. The summed E-state index contributed by atoms with van der Waals surface area (Å²) in [5.74, 6) is 0.909. The number of nitrogens with one attached hydrogen (secondary N) is 1. The maximum Gasteiger partial charge on any atom is 0.127 e. The van der Waals surface area contributed by atoms with Gasteiger partial charge < -0.3 is 10.1 Å². The summed E-state index contributed by atoms with van der Waals surface area (Å²) in [5, 5.41) is 3.96. The fourth-order valence-electron chi connectivity index (χ4n) is 2.07. The molecular weight excluding hydrogens is 352 g/mol. The summed E-state index contributed by atoms with van der Waals surface area (Å²) >= 11 is 9.65. The second kappa shape index (κ2) is 7.78. The van der Waals surface area contributed by atoms with E-state index < -0.39 is 0 Å². The predicted molar refractivity (Wildman–Crippen MR) is 89.8 cm³/mol. The monoisotopic (exact) mass is 368 g/mol. The highest BCUT2D eigenvalue weighted by Gasteiger charge is 2.10. The Hall–Kier alpha value is -1.10. The van der Waals surface area contributed by atoms with Gasteiger partial charge in [0.1, 0.15) is 12.4 Å². The molecule has 0 aliphatic carbocycles. The standard InChI is InChI=1S/C16H18BrClN2O/c1-3-19-8-13-7-14(17)6-11(2)16(13)21-10-12-4-5-20-9-15(12)18/h4-7,9,19H,3,8,10H2,1-2H3. The molecule has 1 aromatic carbocycles. The van der Waals surface area contributed by atoms with Crippen LogP contribution in [-0.2, 0) is 13.2 Å². The Balaban J connectivity index is 2.20. The van der Waals surface area contributed by atoms with Crippen molar-refractivity contribution in [3.63, 3.8) is 0 Å². The summed E-state index contributed by atoms with van der Waals surface area (Å²) in [7, 11) is 0. The van der Waals surface area contributed by atoms with Crippen LogP contribution in [0.5, 0.6) is 5.75 Å². The Kier molecular flexibility index (Phi) is 6.03. The van der Waals surface area contributed by atoms with Gasteiger partial charge in [-0.2, -0.15) is 0 Å². The Morgan fingerprint density at radius 2 is 2.14 bits per heavy atom. The number of aromatic nitrogens is 1. The van der Waals surface area contributed by atoms with E-state index in [1.807, 2.05) is 13.0 Å². The van der Waals surface area contributed by atoms with Gasteiger partial charge in [-0.3, -0.25) is 4.98 Å². The van der Waals surface area contributed by atoms with Crippen molar-refractivity contribution in [3.8, 4) is 5.75 Å². The smallest absolute Gasteiger partial charge is 0.127 e. The van der Waals surface area contributed by atoms with Crippen molar-refractivity contribution in [2.24, 2.45) is 0 Å². The average molecular weight is 370 g/mol. The van der Waals surface area contributed by atoms with Crippen LogP contribution in [0.4, 0.5) is 0 Å². The van der Waals surface area contributed by atoms with Gasteiger partial charge >= 0.3 is 0 Å². The molecule has 1 aromatic heterocycles. The summed E-state index contributed by atoms with van der Waals surface area (Å²) in [4.78, 5) is 3.98. The highest BCUT2D eigenvalue weighted by Crippen LogP contribution is 2.29. The molecule has 0 bridgehead atoms. The van der Waals surface area contributed by atoms with E-state index in [9.17, 15) is 0 Å². The minimum Gasteiger partial charge on any atom is -0.488 e. The molecule has 0 atom stereocenters. The van der Waals surface area contributed by atoms with Crippen LogP contribution in [-0.4, -0.2) is 11.5 Å². The average Bonchev–Trinajstić information content (AvgIpc) is 2.45. The van der Waals surface area contributed by atoms with Crippen molar-refractivity contribution < 1.29 is 4.74 Å². The molecule has 0 spiro atoms. The molecule has 0 saturated carbocycles. The molecule has 2 aromatic rings. The number of aryl methyl sites for hydroxylation is 1.